The van der Waals surface area contributed by atoms with E-state index in [4.69, 9.17) is 4.74 Å². The van der Waals surface area contributed by atoms with Gasteiger partial charge in [0.25, 0.3) is 0 Å². The third kappa shape index (κ3) is 3.97. The second-order valence-electron chi connectivity index (χ2n) is 4.88. The van der Waals surface area contributed by atoms with Crippen LogP contribution < -0.4 is 5.32 Å². The molecule has 1 heterocycles. The molecule has 0 aliphatic heterocycles. The average molecular weight is 235 g/mol. The van der Waals surface area contributed by atoms with Crippen molar-refractivity contribution in [1.29, 1.82) is 0 Å². The first-order valence-corrected chi connectivity index (χ1v) is 6.43. The zero-order valence-corrected chi connectivity index (χ0v) is 10.6. The van der Waals surface area contributed by atoms with E-state index >= 15 is 0 Å². The van der Waals surface area contributed by atoms with E-state index in [1.54, 1.807) is 12.4 Å². The van der Waals surface area contributed by atoms with Crippen molar-refractivity contribution in [2.75, 3.05) is 5.32 Å². The molecule has 0 atom stereocenters. The van der Waals surface area contributed by atoms with Gasteiger partial charge in [0, 0.05) is 18.4 Å². The highest BCUT2D eigenvalue weighted by molar-refractivity contribution is 5.24. The van der Waals surface area contributed by atoms with Gasteiger partial charge in [0.2, 0.25) is 5.95 Å². The maximum Gasteiger partial charge on any atom is 0.222 e. The molecule has 1 aromatic heterocycles. The molecular weight excluding hydrogens is 214 g/mol. The fourth-order valence-corrected chi connectivity index (χ4v) is 2.28. The largest absolute Gasteiger partial charge is 0.376 e. The number of hydrogen-bond donors (Lipinski definition) is 1. The normalized spacial score (nSPS) is 24.9. The summed E-state index contributed by atoms with van der Waals surface area (Å²) in [5.74, 6) is 0.737. The number of nitrogens with zero attached hydrogens (tertiary/aromatic N) is 2. The number of nitrogens with one attached hydrogen (secondary N) is 1. The number of ether oxygens (including phenoxy) is 1. The molecule has 0 saturated heterocycles. The number of aromatic nitrogens is 2. The Morgan fingerprint density at radius 1 is 1.18 bits per heavy atom. The lowest BCUT2D eigenvalue weighted by Gasteiger charge is -2.30. The van der Waals surface area contributed by atoms with Gasteiger partial charge in [-0.05, 0) is 45.6 Å². The highest BCUT2D eigenvalue weighted by atomic mass is 16.5. The van der Waals surface area contributed by atoms with Crippen LogP contribution in [0.2, 0.25) is 0 Å². The molecule has 1 fully saturated rings. The van der Waals surface area contributed by atoms with E-state index < -0.39 is 0 Å². The Balaban J connectivity index is 1.76. The minimum atomic E-state index is 0.335. The molecule has 2 rings (SSSR count). The lowest BCUT2D eigenvalue weighted by atomic mass is 9.93. The SMILES string of the molecule is CC(C)OC1CCC(Nc2ncccn2)CC1. The van der Waals surface area contributed by atoms with E-state index in [0.717, 1.165) is 31.6 Å². The molecule has 0 bridgehead atoms. The van der Waals surface area contributed by atoms with Gasteiger partial charge in [-0.3, -0.25) is 0 Å². The molecule has 0 amide bonds. The Bertz CT molecular complexity index is 321. The number of hydrogen-bond acceptors (Lipinski definition) is 4. The Labute approximate surface area is 103 Å². The summed E-state index contributed by atoms with van der Waals surface area (Å²) in [6.45, 7) is 4.20. The van der Waals surface area contributed by atoms with Crippen molar-refractivity contribution >= 4 is 5.95 Å². The van der Waals surface area contributed by atoms with Gasteiger partial charge < -0.3 is 10.1 Å². The van der Waals surface area contributed by atoms with Crippen molar-refractivity contribution in [1.82, 2.24) is 9.97 Å². The van der Waals surface area contributed by atoms with Gasteiger partial charge in [-0.2, -0.15) is 0 Å². The van der Waals surface area contributed by atoms with E-state index in [1.165, 1.54) is 0 Å². The highest BCUT2D eigenvalue weighted by Crippen LogP contribution is 2.23. The molecule has 0 radical (unpaired) electrons. The third-order valence-electron chi connectivity index (χ3n) is 3.04. The molecular formula is C13H21N3O. The lowest BCUT2D eigenvalue weighted by Crippen LogP contribution is -2.31. The second kappa shape index (κ2) is 5.96. The minimum Gasteiger partial charge on any atom is -0.376 e. The van der Waals surface area contributed by atoms with Crippen molar-refractivity contribution in [3.05, 3.63) is 18.5 Å². The summed E-state index contributed by atoms with van der Waals surface area (Å²) in [7, 11) is 0. The Morgan fingerprint density at radius 3 is 2.41 bits per heavy atom. The highest BCUT2D eigenvalue weighted by Gasteiger charge is 2.22. The standard InChI is InChI=1S/C13H21N3O/c1-10(2)17-12-6-4-11(5-7-12)16-13-14-8-3-9-15-13/h3,8-12H,4-7H2,1-2H3,(H,14,15,16). The number of anilines is 1. The summed E-state index contributed by atoms with van der Waals surface area (Å²) in [4.78, 5) is 8.37. The van der Waals surface area contributed by atoms with Crippen LogP contribution >= 0.6 is 0 Å². The summed E-state index contributed by atoms with van der Waals surface area (Å²) >= 11 is 0. The van der Waals surface area contributed by atoms with E-state index in [1.807, 2.05) is 6.07 Å². The second-order valence-corrected chi connectivity index (χ2v) is 4.88. The first-order chi connectivity index (χ1) is 8.24. The van der Waals surface area contributed by atoms with Crippen molar-refractivity contribution < 1.29 is 4.74 Å². The molecule has 94 valence electrons. The molecule has 1 aliphatic carbocycles. The van der Waals surface area contributed by atoms with Crippen LogP contribution in [0.1, 0.15) is 39.5 Å². The van der Waals surface area contributed by atoms with Gasteiger partial charge >= 0.3 is 0 Å². The van der Waals surface area contributed by atoms with Crippen LogP contribution in [-0.4, -0.2) is 28.2 Å². The zero-order chi connectivity index (χ0) is 12.1. The lowest BCUT2D eigenvalue weighted by molar-refractivity contribution is -0.0133. The predicted octanol–water partition coefficient (Wildman–Crippen LogP) is 2.62. The minimum absolute atomic E-state index is 0.335. The van der Waals surface area contributed by atoms with Gasteiger partial charge in [-0.15, -0.1) is 0 Å². The Morgan fingerprint density at radius 2 is 1.82 bits per heavy atom. The first kappa shape index (κ1) is 12.3. The Hall–Kier alpha value is -1.16. The van der Waals surface area contributed by atoms with E-state index in [-0.39, 0.29) is 0 Å². The molecule has 4 heteroatoms. The van der Waals surface area contributed by atoms with Crippen LogP contribution in [0.3, 0.4) is 0 Å². The van der Waals surface area contributed by atoms with Crippen molar-refractivity contribution in [3.8, 4) is 0 Å². The molecule has 0 aromatic carbocycles. The quantitative estimate of drug-likeness (QED) is 0.871. The van der Waals surface area contributed by atoms with Crippen molar-refractivity contribution in [3.63, 3.8) is 0 Å². The monoisotopic (exact) mass is 235 g/mol. The van der Waals surface area contributed by atoms with Gasteiger partial charge in [0.05, 0.1) is 12.2 Å². The summed E-state index contributed by atoms with van der Waals surface area (Å²) in [5, 5.41) is 3.38. The van der Waals surface area contributed by atoms with Crippen LogP contribution in [0.25, 0.3) is 0 Å². The summed E-state index contributed by atoms with van der Waals surface area (Å²) in [6.07, 6.45) is 8.83. The van der Waals surface area contributed by atoms with Crippen molar-refractivity contribution in [2.45, 2.75) is 57.8 Å². The van der Waals surface area contributed by atoms with E-state index in [0.29, 0.717) is 18.2 Å². The first-order valence-electron chi connectivity index (χ1n) is 6.43. The van der Waals surface area contributed by atoms with Crippen molar-refractivity contribution in [2.24, 2.45) is 0 Å². The van der Waals surface area contributed by atoms with Crippen LogP contribution in [0.5, 0.6) is 0 Å². The zero-order valence-electron chi connectivity index (χ0n) is 10.6. The smallest absolute Gasteiger partial charge is 0.222 e. The molecule has 1 aliphatic rings. The molecule has 17 heavy (non-hydrogen) atoms. The summed E-state index contributed by atoms with van der Waals surface area (Å²) in [6, 6.07) is 2.32. The third-order valence-corrected chi connectivity index (χ3v) is 3.04. The van der Waals surface area contributed by atoms with E-state index in [9.17, 15) is 0 Å². The summed E-state index contributed by atoms with van der Waals surface area (Å²) in [5.41, 5.74) is 0. The Kier molecular flexibility index (Phi) is 4.31. The molecule has 4 nitrogen and oxygen atoms in total. The molecule has 0 spiro atoms. The molecule has 1 N–H and O–H groups in total. The number of rotatable bonds is 4. The fourth-order valence-electron chi connectivity index (χ4n) is 2.28. The average Bonchev–Trinajstić information content (AvgIpc) is 2.32. The van der Waals surface area contributed by atoms with Gasteiger partial charge in [0.15, 0.2) is 0 Å². The predicted molar refractivity (Wildman–Crippen MR) is 67.9 cm³/mol. The maximum atomic E-state index is 5.83. The maximum absolute atomic E-state index is 5.83. The molecule has 1 aromatic rings. The van der Waals surface area contributed by atoms with Gasteiger partial charge in [-0.25, -0.2) is 9.97 Å². The van der Waals surface area contributed by atoms with Crippen LogP contribution in [0.4, 0.5) is 5.95 Å². The molecule has 0 unspecified atom stereocenters. The van der Waals surface area contributed by atoms with Crippen LogP contribution in [0.15, 0.2) is 18.5 Å². The fraction of sp³-hybridized carbons (Fsp3) is 0.692. The van der Waals surface area contributed by atoms with Crippen LogP contribution in [-0.2, 0) is 4.74 Å². The van der Waals surface area contributed by atoms with Gasteiger partial charge in [-0.1, -0.05) is 0 Å². The molecule has 1 saturated carbocycles. The van der Waals surface area contributed by atoms with Crippen LogP contribution in [0, 0.1) is 0 Å². The van der Waals surface area contributed by atoms with E-state index in [2.05, 4.69) is 29.1 Å². The van der Waals surface area contributed by atoms with Gasteiger partial charge in [0.1, 0.15) is 0 Å². The summed E-state index contributed by atoms with van der Waals surface area (Å²) < 4.78 is 5.83. The topological polar surface area (TPSA) is 47.0 Å².